The van der Waals surface area contributed by atoms with E-state index < -0.39 is 11.7 Å². The first kappa shape index (κ1) is 6.09. The summed E-state index contributed by atoms with van der Waals surface area (Å²) in [6.07, 6.45) is 0. The van der Waals surface area contributed by atoms with E-state index in [9.17, 15) is 9.59 Å². The van der Waals surface area contributed by atoms with E-state index in [0.717, 1.165) is 4.10 Å². The Kier molecular flexibility index (Phi) is 1.39. The highest BCUT2D eigenvalue weighted by molar-refractivity contribution is 7.51. The van der Waals surface area contributed by atoms with Crippen molar-refractivity contribution in [3.8, 4) is 0 Å². The van der Waals surface area contributed by atoms with Crippen LogP contribution in [-0.4, -0.2) is 22.3 Å². The minimum absolute atomic E-state index is 0.110. The van der Waals surface area contributed by atoms with Gasteiger partial charge in [0, 0.05) is 0 Å². The van der Waals surface area contributed by atoms with Crippen molar-refractivity contribution in [2.24, 2.45) is 5.22 Å². The van der Waals surface area contributed by atoms with Crippen LogP contribution < -0.4 is 5.43 Å². The van der Waals surface area contributed by atoms with Gasteiger partial charge in [-0.05, 0) is 0 Å². The van der Waals surface area contributed by atoms with E-state index in [0.29, 0.717) is 0 Å². The predicted molar refractivity (Wildman–Crippen MR) is 28.1 cm³/mol. The zero-order chi connectivity index (χ0) is 6.85. The molecule has 0 aromatic carbocycles. The maximum Gasteiger partial charge on any atom is 0.398 e. The van der Waals surface area contributed by atoms with Gasteiger partial charge in [-0.2, -0.15) is 0 Å². The van der Waals surface area contributed by atoms with Crippen LogP contribution in [0.15, 0.2) is 5.22 Å². The van der Waals surface area contributed by atoms with Crippen LogP contribution in [-0.2, 0) is 22.4 Å². The monoisotopic (exact) mass is 145 g/mol. The predicted octanol–water partition coefficient (Wildman–Crippen LogP) is -1.47. The fourth-order valence-electron chi connectivity index (χ4n) is 0.394. The molecule has 5 nitrogen and oxygen atoms in total. The fraction of sp³-hybridized carbons (Fsp3) is 0.333. The van der Waals surface area contributed by atoms with Crippen molar-refractivity contribution in [3.63, 3.8) is 0 Å². The molecule has 1 heterocycles. The van der Waals surface area contributed by atoms with Crippen molar-refractivity contribution in [2.45, 2.75) is 0 Å². The second-order valence-corrected chi connectivity index (χ2v) is 1.90. The Hall–Kier alpha value is -1.04. The lowest BCUT2D eigenvalue weighted by atomic mass is 10.4. The fourth-order valence-corrected chi connectivity index (χ4v) is 0.552. The Morgan fingerprint density at radius 2 is 2.33 bits per heavy atom. The Bertz CT molecular complexity index is 199. The molecular formula is C3H3N3O2S. The van der Waals surface area contributed by atoms with Crippen LogP contribution >= 0.6 is 0 Å². The van der Waals surface area contributed by atoms with Gasteiger partial charge in [-0.3, -0.25) is 8.90 Å². The van der Waals surface area contributed by atoms with E-state index >= 15 is 0 Å². The third-order valence-electron chi connectivity index (χ3n) is 0.795. The SMILES string of the molecule is O=C1C[N+]([S-])=NNC1=O. The van der Waals surface area contributed by atoms with E-state index in [2.05, 4.69) is 18.0 Å². The molecule has 0 aromatic heterocycles. The van der Waals surface area contributed by atoms with E-state index in [1.807, 2.05) is 5.43 Å². The molecule has 1 aliphatic rings. The number of carbonyl (C=O) groups is 2. The highest BCUT2D eigenvalue weighted by Crippen LogP contribution is 1.84. The zero-order valence-corrected chi connectivity index (χ0v) is 5.14. The molecular weight excluding hydrogens is 142 g/mol. The lowest BCUT2D eigenvalue weighted by Gasteiger charge is -2.07. The van der Waals surface area contributed by atoms with Crippen molar-refractivity contribution >= 4 is 24.5 Å². The zero-order valence-electron chi connectivity index (χ0n) is 4.33. The number of nitrogens with zero attached hydrogens (tertiary/aromatic N) is 2. The quantitative estimate of drug-likeness (QED) is 0.257. The lowest BCUT2D eigenvalue weighted by Crippen LogP contribution is -2.38. The van der Waals surface area contributed by atoms with Crippen molar-refractivity contribution < 1.29 is 13.7 Å². The number of hydrogen-bond donors (Lipinski definition) is 1. The molecule has 48 valence electrons. The Morgan fingerprint density at radius 3 is 2.78 bits per heavy atom. The van der Waals surface area contributed by atoms with Crippen LogP contribution in [0, 0.1) is 0 Å². The molecule has 0 fully saturated rings. The lowest BCUT2D eigenvalue weighted by molar-refractivity contribution is -0.421. The summed E-state index contributed by atoms with van der Waals surface area (Å²) in [4.78, 5) is 20.7. The van der Waals surface area contributed by atoms with Gasteiger partial charge in [0.2, 0.25) is 0 Å². The molecule has 0 aromatic rings. The van der Waals surface area contributed by atoms with Crippen LogP contribution in [0.3, 0.4) is 0 Å². The van der Waals surface area contributed by atoms with Gasteiger partial charge in [0.1, 0.15) is 0 Å². The number of hydrogen-bond acceptors (Lipinski definition) is 4. The molecule has 0 saturated carbocycles. The molecule has 0 spiro atoms. The smallest absolute Gasteiger partial charge is 0.398 e. The molecule has 0 bridgehead atoms. The number of rotatable bonds is 0. The van der Waals surface area contributed by atoms with Gasteiger partial charge in [0.25, 0.3) is 5.78 Å². The van der Waals surface area contributed by atoms with E-state index in [1.54, 1.807) is 0 Å². The number of nitrogens with one attached hydrogen (secondary N) is 1. The molecule has 6 heteroatoms. The highest BCUT2D eigenvalue weighted by atomic mass is 32.1. The molecule has 1 rings (SSSR count). The van der Waals surface area contributed by atoms with Crippen molar-refractivity contribution in [3.05, 3.63) is 0 Å². The number of ketones is 1. The summed E-state index contributed by atoms with van der Waals surface area (Å²) in [5, 5.41) is 3.29. The van der Waals surface area contributed by atoms with Crippen LogP contribution in [0.2, 0.25) is 0 Å². The topological polar surface area (TPSA) is 61.5 Å². The molecule has 1 aliphatic heterocycles. The normalized spacial score (nSPS) is 18.9. The molecule has 0 unspecified atom stereocenters. The molecule has 9 heavy (non-hydrogen) atoms. The van der Waals surface area contributed by atoms with Gasteiger partial charge in [0.05, 0.1) is 5.22 Å². The van der Waals surface area contributed by atoms with Crippen LogP contribution in [0.25, 0.3) is 0 Å². The van der Waals surface area contributed by atoms with Gasteiger partial charge >= 0.3 is 5.91 Å². The summed E-state index contributed by atoms with van der Waals surface area (Å²) >= 11 is 4.45. The van der Waals surface area contributed by atoms with Crippen LogP contribution in [0.1, 0.15) is 0 Å². The van der Waals surface area contributed by atoms with E-state index in [1.165, 1.54) is 0 Å². The summed E-state index contributed by atoms with van der Waals surface area (Å²) in [6, 6.07) is 0. The Labute approximate surface area is 56.3 Å². The summed E-state index contributed by atoms with van der Waals surface area (Å²) < 4.78 is 0.948. The summed E-state index contributed by atoms with van der Waals surface area (Å²) in [6.45, 7) is -0.110. The average molecular weight is 145 g/mol. The van der Waals surface area contributed by atoms with Gasteiger partial charge in [-0.15, -0.1) is 5.43 Å². The number of Topliss-reactive ketones (excluding diaryl/α,β-unsaturated/α-hetero) is 1. The van der Waals surface area contributed by atoms with E-state index in [-0.39, 0.29) is 6.54 Å². The molecule has 0 saturated heterocycles. The van der Waals surface area contributed by atoms with Crippen molar-refractivity contribution in [1.82, 2.24) is 5.43 Å². The summed E-state index contributed by atoms with van der Waals surface area (Å²) in [5.74, 6) is -1.25. The standard InChI is InChI=1S/C3H3N3O2S/c7-2-1-6(9)5-4-3(2)8/h1H2,(H,4,8). The molecule has 0 atom stereocenters. The largest absolute Gasteiger partial charge is 0.533 e. The third-order valence-corrected chi connectivity index (χ3v) is 1.01. The maximum absolute atomic E-state index is 10.4. The highest BCUT2D eigenvalue weighted by Gasteiger charge is 2.22. The van der Waals surface area contributed by atoms with Gasteiger partial charge in [-0.25, -0.2) is 4.79 Å². The Balaban J connectivity index is 2.77. The van der Waals surface area contributed by atoms with Gasteiger partial charge < -0.3 is 12.8 Å². The van der Waals surface area contributed by atoms with Crippen molar-refractivity contribution in [2.75, 3.05) is 6.54 Å². The minimum Gasteiger partial charge on any atom is -0.533 e. The third kappa shape index (κ3) is 1.20. The molecule has 1 N–H and O–H groups in total. The van der Waals surface area contributed by atoms with Gasteiger partial charge in [0.15, 0.2) is 6.54 Å². The average Bonchev–Trinajstić information content (AvgIpc) is 1.80. The first-order chi connectivity index (χ1) is 4.20. The first-order valence-electron chi connectivity index (χ1n) is 2.18. The van der Waals surface area contributed by atoms with E-state index in [4.69, 9.17) is 0 Å². The maximum atomic E-state index is 10.4. The summed E-state index contributed by atoms with van der Waals surface area (Å²) in [5.41, 5.74) is 1.94. The minimum atomic E-state index is -0.698. The first-order valence-corrected chi connectivity index (χ1v) is 2.55. The summed E-state index contributed by atoms with van der Waals surface area (Å²) in [7, 11) is 0. The second kappa shape index (κ2) is 2.06. The van der Waals surface area contributed by atoms with Crippen LogP contribution in [0.4, 0.5) is 0 Å². The molecule has 1 amide bonds. The number of amides is 1. The molecule has 0 aliphatic carbocycles. The Morgan fingerprint density at radius 1 is 1.67 bits per heavy atom. The number of carbonyl (C=O) groups excluding carboxylic acids is 2. The van der Waals surface area contributed by atoms with Crippen LogP contribution in [0.5, 0.6) is 0 Å². The van der Waals surface area contributed by atoms with Gasteiger partial charge in [-0.1, -0.05) is 0 Å². The van der Waals surface area contributed by atoms with Crippen molar-refractivity contribution in [1.29, 1.82) is 0 Å². The molecule has 0 radical (unpaired) electrons. The second-order valence-electron chi connectivity index (χ2n) is 1.47.